The van der Waals surface area contributed by atoms with Crippen LogP contribution in [0.2, 0.25) is 0 Å². The SMILES string of the molecule is Cl.NC(CCC[C@H](N)C(=O)O)C(=O)OCc1ccccc1. The number of hydrogen-bond donors (Lipinski definition) is 3. The van der Waals surface area contributed by atoms with E-state index in [4.69, 9.17) is 21.3 Å². The normalized spacial score (nSPS) is 12.9. The molecule has 2 atom stereocenters. The van der Waals surface area contributed by atoms with Gasteiger partial charge in [-0.05, 0) is 24.8 Å². The molecule has 5 N–H and O–H groups in total. The van der Waals surface area contributed by atoms with Crippen LogP contribution in [0.25, 0.3) is 0 Å². The van der Waals surface area contributed by atoms with Gasteiger partial charge in [0.2, 0.25) is 0 Å². The van der Waals surface area contributed by atoms with E-state index in [0.717, 1.165) is 5.56 Å². The monoisotopic (exact) mass is 316 g/mol. The van der Waals surface area contributed by atoms with Crippen molar-refractivity contribution in [3.63, 3.8) is 0 Å². The summed E-state index contributed by atoms with van der Waals surface area (Å²) in [6.07, 6.45) is 1.11. The summed E-state index contributed by atoms with van der Waals surface area (Å²) in [5.41, 5.74) is 11.9. The molecule has 0 saturated heterocycles. The van der Waals surface area contributed by atoms with Crippen LogP contribution in [0.1, 0.15) is 24.8 Å². The van der Waals surface area contributed by atoms with E-state index in [2.05, 4.69) is 0 Å². The fourth-order valence-corrected chi connectivity index (χ4v) is 1.63. The molecule has 0 spiro atoms. The molecule has 1 aromatic rings. The first-order valence-electron chi connectivity index (χ1n) is 6.45. The highest BCUT2D eigenvalue weighted by Crippen LogP contribution is 2.06. The molecular weight excluding hydrogens is 296 g/mol. The molecule has 1 rings (SSSR count). The third-order valence-electron chi connectivity index (χ3n) is 2.87. The maximum Gasteiger partial charge on any atom is 0.323 e. The largest absolute Gasteiger partial charge is 0.480 e. The molecule has 0 heterocycles. The number of aliphatic carboxylic acids is 1. The summed E-state index contributed by atoms with van der Waals surface area (Å²) in [7, 11) is 0. The zero-order valence-electron chi connectivity index (χ0n) is 11.6. The van der Waals surface area contributed by atoms with Crippen LogP contribution in [0.5, 0.6) is 0 Å². The number of rotatable bonds is 8. The van der Waals surface area contributed by atoms with Crippen LogP contribution in [0.4, 0.5) is 0 Å². The van der Waals surface area contributed by atoms with Crippen molar-refractivity contribution in [3.8, 4) is 0 Å². The van der Waals surface area contributed by atoms with Gasteiger partial charge in [-0.3, -0.25) is 9.59 Å². The van der Waals surface area contributed by atoms with Gasteiger partial charge < -0.3 is 21.3 Å². The summed E-state index contributed by atoms with van der Waals surface area (Å²) in [6.45, 7) is 0.183. The lowest BCUT2D eigenvalue weighted by Crippen LogP contribution is -2.34. The standard InChI is InChI=1S/C14H20N2O4.ClH/c15-11(13(17)18)7-4-8-12(16)14(19)20-9-10-5-2-1-3-6-10;/h1-3,5-6,11-12H,4,7-9,15-16H2,(H,17,18);1H/t11-,12?;/m0./s1. The first-order valence-corrected chi connectivity index (χ1v) is 6.45. The maximum atomic E-state index is 11.6. The highest BCUT2D eigenvalue weighted by Gasteiger charge is 2.17. The fraction of sp³-hybridized carbons (Fsp3) is 0.429. The number of benzene rings is 1. The molecule has 0 amide bonds. The summed E-state index contributed by atoms with van der Waals surface area (Å²) in [6, 6.07) is 7.63. The Hall–Kier alpha value is -1.63. The smallest absolute Gasteiger partial charge is 0.323 e. The quantitative estimate of drug-likeness (QED) is 0.618. The number of carbonyl (C=O) groups excluding carboxylic acids is 1. The van der Waals surface area contributed by atoms with Gasteiger partial charge in [-0.2, -0.15) is 0 Å². The van der Waals surface area contributed by atoms with Crippen LogP contribution in [0.15, 0.2) is 30.3 Å². The van der Waals surface area contributed by atoms with Crippen molar-refractivity contribution in [2.24, 2.45) is 11.5 Å². The summed E-state index contributed by atoms with van der Waals surface area (Å²) in [4.78, 5) is 22.2. The van der Waals surface area contributed by atoms with Crippen LogP contribution in [0.3, 0.4) is 0 Å². The molecule has 0 fully saturated rings. The second-order valence-electron chi connectivity index (χ2n) is 4.58. The number of esters is 1. The number of carboxylic acid groups (broad SMARTS) is 1. The lowest BCUT2D eigenvalue weighted by Gasteiger charge is -2.12. The molecule has 21 heavy (non-hydrogen) atoms. The minimum atomic E-state index is -1.05. The van der Waals surface area contributed by atoms with E-state index in [1.54, 1.807) is 0 Å². The van der Waals surface area contributed by atoms with Crippen molar-refractivity contribution >= 4 is 24.3 Å². The number of hydrogen-bond acceptors (Lipinski definition) is 5. The molecule has 1 aromatic carbocycles. The van der Waals surface area contributed by atoms with Crippen LogP contribution < -0.4 is 11.5 Å². The van der Waals surface area contributed by atoms with Gasteiger partial charge in [0, 0.05) is 0 Å². The molecule has 0 aromatic heterocycles. The van der Waals surface area contributed by atoms with E-state index < -0.39 is 24.0 Å². The van der Waals surface area contributed by atoms with Crippen molar-refractivity contribution in [1.82, 2.24) is 0 Å². The fourth-order valence-electron chi connectivity index (χ4n) is 1.63. The zero-order valence-corrected chi connectivity index (χ0v) is 12.4. The molecule has 6 nitrogen and oxygen atoms in total. The maximum absolute atomic E-state index is 11.6. The van der Waals surface area contributed by atoms with Crippen LogP contribution in [-0.4, -0.2) is 29.1 Å². The highest BCUT2D eigenvalue weighted by molar-refractivity contribution is 5.85. The van der Waals surface area contributed by atoms with E-state index >= 15 is 0 Å². The number of ether oxygens (including phenoxy) is 1. The number of halogens is 1. The van der Waals surface area contributed by atoms with Gasteiger partial charge in [-0.15, -0.1) is 12.4 Å². The lowest BCUT2D eigenvalue weighted by atomic mass is 10.1. The Morgan fingerprint density at radius 3 is 2.24 bits per heavy atom. The van der Waals surface area contributed by atoms with Gasteiger partial charge in [0.25, 0.3) is 0 Å². The van der Waals surface area contributed by atoms with Crippen LogP contribution in [0, 0.1) is 0 Å². The minimum Gasteiger partial charge on any atom is -0.480 e. The predicted molar refractivity (Wildman–Crippen MR) is 80.9 cm³/mol. The summed E-state index contributed by atoms with van der Waals surface area (Å²) >= 11 is 0. The Morgan fingerprint density at radius 1 is 1.10 bits per heavy atom. The first-order chi connectivity index (χ1) is 9.50. The predicted octanol–water partition coefficient (Wildman–Crippen LogP) is 1.06. The number of carboxylic acids is 1. The van der Waals surface area contributed by atoms with Crippen molar-refractivity contribution in [2.45, 2.75) is 38.0 Å². The Bertz CT molecular complexity index is 442. The van der Waals surface area contributed by atoms with Gasteiger partial charge in [-0.25, -0.2) is 0 Å². The third-order valence-corrected chi connectivity index (χ3v) is 2.87. The van der Waals surface area contributed by atoms with Crippen molar-refractivity contribution in [2.75, 3.05) is 0 Å². The second-order valence-corrected chi connectivity index (χ2v) is 4.58. The van der Waals surface area contributed by atoms with E-state index in [-0.39, 0.29) is 25.4 Å². The van der Waals surface area contributed by atoms with Crippen molar-refractivity contribution in [1.29, 1.82) is 0 Å². The Labute approximate surface area is 129 Å². The molecular formula is C14H21ClN2O4. The third kappa shape index (κ3) is 7.65. The van der Waals surface area contributed by atoms with E-state index in [0.29, 0.717) is 12.8 Å². The molecule has 7 heteroatoms. The molecule has 0 aliphatic heterocycles. The minimum absolute atomic E-state index is 0. The Morgan fingerprint density at radius 2 is 1.67 bits per heavy atom. The van der Waals surface area contributed by atoms with Crippen molar-refractivity contribution in [3.05, 3.63) is 35.9 Å². The van der Waals surface area contributed by atoms with Gasteiger partial charge in [0.15, 0.2) is 0 Å². The molecule has 118 valence electrons. The number of carbonyl (C=O) groups is 2. The highest BCUT2D eigenvalue weighted by atomic mass is 35.5. The lowest BCUT2D eigenvalue weighted by molar-refractivity contribution is -0.146. The van der Waals surface area contributed by atoms with Crippen LogP contribution in [-0.2, 0) is 20.9 Å². The zero-order chi connectivity index (χ0) is 15.0. The Kier molecular flexibility index (Phi) is 9.36. The van der Waals surface area contributed by atoms with Crippen LogP contribution >= 0.6 is 12.4 Å². The topological polar surface area (TPSA) is 116 Å². The van der Waals surface area contributed by atoms with E-state index in [9.17, 15) is 9.59 Å². The Balaban J connectivity index is 0.00000400. The van der Waals surface area contributed by atoms with Gasteiger partial charge in [-0.1, -0.05) is 30.3 Å². The molecule has 1 unspecified atom stereocenters. The first kappa shape index (κ1) is 19.4. The average molecular weight is 317 g/mol. The molecule has 0 aliphatic rings. The van der Waals surface area contributed by atoms with Gasteiger partial charge in [0.05, 0.1) is 0 Å². The van der Waals surface area contributed by atoms with E-state index in [1.807, 2.05) is 30.3 Å². The molecule has 0 bridgehead atoms. The molecule has 0 saturated carbocycles. The summed E-state index contributed by atoms with van der Waals surface area (Å²) in [5.74, 6) is -1.54. The number of nitrogens with two attached hydrogens (primary N) is 2. The summed E-state index contributed by atoms with van der Waals surface area (Å²) < 4.78 is 5.08. The van der Waals surface area contributed by atoms with Gasteiger partial charge >= 0.3 is 11.9 Å². The molecule has 0 radical (unpaired) electrons. The van der Waals surface area contributed by atoms with Gasteiger partial charge in [0.1, 0.15) is 18.7 Å². The summed E-state index contributed by atoms with van der Waals surface area (Å²) in [5, 5.41) is 8.62. The average Bonchev–Trinajstić information content (AvgIpc) is 2.45. The van der Waals surface area contributed by atoms with E-state index in [1.165, 1.54) is 0 Å². The second kappa shape index (κ2) is 10.1. The molecule has 0 aliphatic carbocycles. The van der Waals surface area contributed by atoms with Crippen molar-refractivity contribution < 1.29 is 19.4 Å².